The maximum Gasteiger partial charge on any atom is 0.269 e. The third-order valence-electron chi connectivity index (χ3n) is 16.1. The number of nitro benzene ring substituents is 1. The molecule has 1 amide bonds. The smallest absolute Gasteiger partial charge is 0.269 e. The fourth-order valence-electron chi connectivity index (χ4n) is 12.5. The van der Waals surface area contributed by atoms with Crippen LogP contribution < -0.4 is 18.9 Å². The number of allylic oxidation sites excluding steroid dienone is 1. The molecule has 14 heteroatoms. The highest BCUT2D eigenvalue weighted by molar-refractivity contribution is 6.03. The molecular weight excluding hydrogens is 963 g/mol. The number of oxime groups is 1. The summed E-state index contributed by atoms with van der Waals surface area (Å²) in [6.07, 6.45) is 14.3. The third-order valence-corrected chi connectivity index (χ3v) is 16.1. The van der Waals surface area contributed by atoms with Crippen LogP contribution in [-0.4, -0.2) is 70.1 Å². The number of unbranched alkanes of at least 4 members (excludes halogenated alkanes) is 2. The van der Waals surface area contributed by atoms with Crippen molar-refractivity contribution in [3.63, 3.8) is 0 Å². The SMILES string of the molecule is C=CCO[C@@]12Oc3ccc(Oc4ccc(-c5ccccc5)cc4)cc3[C@H]3[C@H](CCCCO)[C@@H](CCCCO)C=C(C(=NOCc4ccc([N+](=O)[O-])cc4)C[C@@H]1N(Cc1ccc4c(c1)OCO4)C(=O)CCC1CCCC1)[C@H]32. The van der Waals surface area contributed by atoms with Crippen LogP contribution >= 0.6 is 0 Å². The fraction of sp³-hybridized carbons (Fsp3) is 0.419. The first-order valence-corrected chi connectivity index (χ1v) is 27.2. The Kier molecular flexibility index (Phi) is 16.8. The van der Waals surface area contributed by atoms with Gasteiger partial charge in [-0.15, -0.1) is 6.58 Å². The molecule has 5 aromatic rings. The van der Waals surface area contributed by atoms with Crippen molar-refractivity contribution in [1.82, 2.24) is 4.90 Å². The van der Waals surface area contributed by atoms with E-state index in [4.69, 9.17) is 33.7 Å². The van der Waals surface area contributed by atoms with Crippen molar-refractivity contribution < 1.29 is 48.5 Å². The minimum absolute atomic E-state index is 0.00448. The van der Waals surface area contributed by atoms with Crippen LogP contribution in [0.15, 0.2) is 145 Å². The maximum absolute atomic E-state index is 15.5. The standard InChI is InChI=1S/C62H69N3O11/c1-2-34-73-62-58(64(59(68)31-21-42-12-6-7-13-42)39-44-20-29-56-57(35-44)72-41-71-56)38-54(63-74-40-43-18-24-48(25-19-43)65(69)70)52-36-47(16-8-10-32-66)51(17-9-11-33-67)60(61(52)62)53-37-50(28-30-55(53)76-62)75-49-26-22-46(23-27-49)45-14-4-3-5-15-45/h2-5,14-15,18-20,22-30,35-37,42,47,51,58,60-61,66-67H,1,6-13,16-17,21,31-34,38-41H2/t47-,51+,58-,60+,61+,62+/m0/s1. The average molecular weight is 1030 g/mol. The van der Waals surface area contributed by atoms with Gasteiger partial charge < -0.3 is 43.6 Å². The summed E-state index contributed by atoms with van der Waals surface area (Å²) in [7, 11) is 0. The summed E-state index contributed by atoms with van der Waals surface area (Å²) in [5.74, 6) is 1.34. The number of non-ortho nitro benzene ring substituents is 1. The Morgan fingerprint density at radius 1 is 0.816 bits per heavy atom. The van der Waals surface area contributed by atoms with Crippen LogP contribution in [0.4, 0.5) is 5.69 Å². The molecular formula is C62H69N3O11. The molecule has 2 N–H and O–H groups in total. The molecule has 398 valence electrons. The van der Waals surface area contributed by atoms with Gasteiger partial charge in [0, 0.05) is 56.2 Å². The van der Waals surface area contributed by atoms with Crippen molar-refractivity contribution in [2.45, 2.75) is 114 Å². The molecule has 0 saturated heterocycles. The Morgan fingerprint density at radius 3 is 2.28 bits per heavy atom. The predicted octanol–water partition coefficient (Wildman–Crippen LogP) is 12.6. The van der Waals surface area contributed by atoms with Gasteiger partial charge in [-0.3, -0.25) is 14.9 Å². The zero-order chi connectivity index (χ0) is 52.4. The van der Waals surface area contributed by atoms with Gasteiger partial charge in [-0.05, 0) is 132 Å². The third kappa shape index (κ3) is 11.5. The van der Waals surface area contributed by atoms with Crippen molar-refractivity contribution in [1.29, 1.82) is 0 Å². The Balaban J connectivity index is 1.12. The molecule has 10 rings (SSSR count). The topological polar surface area (TPSA) is 172 Å². The van der Waals surface area contributed by atoms with Crippen LogP contribution in [0.5, 0.6) is 28.7 Å². The predicted molar refractivity (Wildman–Crippen MR) is 289 cm³/mol. The number of carbonyl (C=O) groups excluding carboxylic acids is 1. The highest BCUT2D eigenvalue weighted by Crippen LogP contribution is 2.62. The van der Waals surface area contributed by atoms with Crippen molar-refractivity contribution in [2.75, 3.05) is 26.6 Å². The lowest BCUT2D eigenvalue weighted by Gasteiger charge is -2.60. The number of nitrogens with zero attached hydrogens (tertiary/aromatic N) is 3. The molecule has 2 fully saturated rings. The van der Waals surface area contributed by atoms with Gasteiger partial charge in [0.2, 0.25) is 18.5 Å². The first-order valence-electron chi connectivity index (χ1n) is 27.2. The second-order valence-corrected chi connectivity index (χ2v) is 20.9. The van der Waals surface area contributed by atoms with Crippen molar-refractivity contribution in [2.24, 2.45) is 28.8 Å². The molecule has 0 unspecified atom stereocenters. The number of carbonyl (C=O) groups is 1. The molecule has 76 heavy (non-hydrogen) atoms. The van der Waals surface area contributed by atoms with E-state index >= 15 is 4.79 Å². The summed E-state index contributed by atoms with van der Waals surface area (Å²) in [4.78, 5) is 34.9. The lowest BCUT2D eigenvalue weighted by atomic mass is 9.55. The van der Waals surface area contributed by atoms with E-state index in [-0.39, 0.29) is 75.5 Å². The number of aliphatic hydroxyl groups excluding tert-OH is 2. The Labute approximate surface area is 445 Å². The van der Waals surface area contributed by atoms with Gasteiger partial charge in [0.05, 0.1) is 23.2 Å². The molecule has 2 saturated carbocycles. The van der Waals surface area contributed by atoms with E-state index < -0.39 is 22.7 Å². The van der Waals surface area contributed by atoms with E-state index in [9.17, 15) is 20.3 Å². The van der Waals surface area contributed by atoms with Crippen LogP contribution in [0.2, 0.25) is 0 Å². The normalized spacial score (nSPS) is 22.7. The fourth-order valence-corrected chi connectivity index (χ4v) is 12.5. The van der Waals surface area contributed by atoms with Gasteiger partial charge in [0.25, 0.3) is 5.69 Å². The zero-order valence-electron chi connectivity index (χ0n) is 43.1. The number of rotatable bonds is 24. The Bertz CT molecular complexity index is 2870. The number of hydrogen-bond acceptors (Lipinski definition) is 12. The van der Waals surface area contributed by atoms with Crippen LogP contribution in [0.3, 0.4) is 0 Å². The van der Waals surface area contributed by atoms with E-state index in [0.29, 0.717) is 65.2 Å². The lowest BCUT2D eigenvalue weighted by Crippen LogP contribution is -2.70. The summed E-state index contributed by atoms with van der Waals surface area (Å²) < 4.78 is 33.2. The van der Waals surface area contributed by atoms with Crippen LogP contribution in [0.25, 0.3) is 11.1 Å². The highest BCUT2D eigenvalue weighted by Gasteiger charge is 2.65. The van der Waals surface area contributed by atoms with E-state index in [1.807, 2.05) is 65.6 Å². The summed E-state index contributed by atoms with van der Waals surface area (Å²) in [5.41, 5.74) is 6.21. The zero-order valence-corrected chi connectivity index (χ0v) is 43.1. The number of nitro groups is 1. The molecule has 0 spiro atoms. The largest absolute Gasteiger partial charge is 0.459 e. The van der Waals surface area contributed by atoms with E-state index in [1.165, 1.54) is 25.0 Å². The van der Waals surface area contributed by atoms with E-state index in [0.717, 1.165) is 72.8 Å². The van der Waals surface area contributed by atoms with Crippen molar-refractivity contribution in [3.8, 4) is 39.9 Å². The van der Waals surface area contributed by atoms with Gasteiger partial charge in [-0.2, -0.15) is 0 Å². The van der Waals surface area contributed by atoms with Gasteiger partial charge in [0.15, 0.2) is 11.5 Å². The summed E-state index contributed by atoms with van der Waals surface area (Å²) in [5, 5.41) is 36.8. The molecule has 2 aliphatic heterocycles. The quantitative estimate of drug-likeness (QED) is 0.0261. The summed E-state index contributed by atoms with van der Waals surface area (Å²) >= 11 is 0. The number of benzene rings is 5. The van der Waals surface area contributed by atoms with Crippen molar-refractivity contribution in [3.05, 3.63) is 166 Å². The Hall–Kier alpha value is -7.00. The lowest BCUT2D eigenvalue weighted by molar-refractivity contribution is -0.384. The number of ether oxygens (including phenoxy) is 5. The molecule has 3 aliphatic carbocycles. The Morgan fingerprint density at radius 2 is 1.53 bits per heavy atom. The van der Waals surface area contributed by atoms with E-state index in [1.54, 1.807) is 18.2 Å². The molecule has 0 bridgehead atoms. The summed E-state index contributed by atoms with van der Waals surface area (Å²) in [6.45, 7) is 4.76. The molecule has 6 atom stereocenters. The van der Waals surface area contributed by atoms with E-state index in [2.05, 4.69) is 43.0 Å². The second kappa shape index (κ2) is 24.3. The van der Waals surface area contributed by atoms with Crippen LogP contribution in [-0.2, 0) is 27.5 Å². The van der Waals surface area contributed by atoms with Gasteiger partial charge in [-0.1, -0.05) is 104 Å². The van der Waals surface area contributed by atoms with Gasteiger partial charge in [-0.25, -0.2) is 0 Å². The number of aliphatic hydroxyl groups is 2. The molecule has 2 heterocycles. The molecule has 5 aliphatic rings. The molecule has 0 aromatic heterocycles. The number of hydrogen-bond donors (Lipinski definition) is 2. The summed E-state index contributed by atoms with van der Waals surface area (Å²) in [6, 6.07) is 35.6. The molecule has 0 radical (unpaired) electrons. The maximum atomic E-state index is 15.5. The van der Waals surface area contributed by atoms with Crippen LogP contribution in [0, 0.1) is 33.8 Å². The highest BCUT2D eigenvalue weighted by atomic mass is 16.7. The second-order valence-electron chi connectivity index (χ2n) is 20.9. The van der Waals surface area contributed by atoms with Crippen molar-refractivity contribution >= 4 is 17.3 Å². The first-order chi connectivity index (χ1) is 37.2. The molecule has 5 aromatic carbocycles. The number of amides is 1. The minimum Gasteiger partial charge on any atom is -0.459 e. The van der Waals surface area contributed by atoms with Crippen LogP contribution in [0.1, 0.15) is 106 Å². The minimum atomic E-state index is -1.48. The monoisotopic (exact) mass is 1030 g/mol. The average Bonchev–Trinajstić information content (AvgIpc) is 4.18. The van der Waals surface area contributed by atoms with Gasteiger partial charge >= 0.3 is 0 Å². The van der Waals surface area contributed by atoms with Gasteiger partial charge in [0.1, 0.15) is 29.9 Å². The number of fused-ring (bicyclic) bond motifs is 3. The first kappa shape index (κ1) is 52.4. The molecule has 14 nitrogen and oxygen atoms in total.